The van der Waals surface area contributed by atoms with Gasteiger partial charge >= 0.3 is 5.97 Å². The van der Waals surface area contributed by atoms with Crippen molar-refractivity contribution in [2.45, 2.75) is 20.3 Å². The van der Waals surface area contributed by atoms with E-state index in [1.165, 1.54) is 0 Å². The van der Waals surface area contributed by atoms with Gasteiger partial charge in [0.05, 0.1) is 11.7 Å². The minimum atomic E-state index is -3.17. The molecule has 0 aromatic heterocycles. The van der Waals surface area contributed by atoms with E-state index in [4.69, 9.17) is 5.11 Å². The summed E-state index contributed by atoms with van der Waals surface area (Å²) in [6, 6.07) is 0. The van der Waals surface area contributed by atoms with Crippen molar-refractivity contribution < 1.29 is 23.1 Å². The second-order valence-corrected chi connectivity index (χ2v) is 6.63. The van der Waals surface area contributed by atoms with Gasteiger partial charge in [-0.3, -0.25) is 9.59 Å². The van der Waals surface area contributed by atoms with Crippen LogP contribution < -0.4 is 5.32 Å². The third kappa shape index (κ3) is 7.73. The van der Waals surface area contributed by atoms with Crippen LogP contribution in [0, 0.1) is 11.8 Å². The van der Waals surface area contributed by atoms with Gasteiger partial charge in [0.1, 0.15) is 9.84 Å². The molecule has 2 N–H and O–H groups in total. The molecule has 0 saturated heterocycles. The molecule has 100 valence electrons. The third-order valence-electron chi connectivity index (χ3n) is 2.34. The van der Waals surface area contributed by atoms with Crippen molar-refractivity contribution in [1.82, 2.24) is 5.32 Å². The molecule has 0 radical (unpaired) electrons. The second kappa shape index (κ2) is 6.58. The number of carbonyl (C=O) groups excluding carboxylic acids is 1. The first-order valence-electron chi connectivity index (χ1n) is 5.30. The lowest BCUT2D eigenvalue weighted by molar-refractivity contribution is -0.143. The molecular weight excluding hydrogens is 246 g/mol. The van der Waals surface area contributed by atoms with E-state index in [0.29, 0.717) is 0 Å². The Labute approximate surface area is 101 Å². The number of hydrogen-bond donors (Lipinski definition) is 2. The van der Waals surface area contributed by atoms with Crippen LogP contribution in [0.5, 0.6) is 0 Å². The van der Waals surface area contributed by atoms with Crippen molar-refractivity contribution in [3.63, 3.8) is 0 Å². The summed E-state index contributed by atoms with van der Waals surface area (Å²) in [6.07, 6.45) is 0.914. The van der Waals surface area contributed by atoms with Crippen molar-refractivity contribution in [2.24, 2.45) is 11.8 Å². The van der Waals surface area contributed by atoms with Gasteiger partial charge in [-0.25, -0.2) is 8.42 Å². The Balaban J connectivity index is 4.10. The van der Waals surface area contributed by atoms with Crippen molar-refractivity contribution >= 4 is 21.7 Å². The first kappa shape index (κ1) is 15.9. The average molecular weight is 265 g/mol. The van der Waals surface area contributed by atoms with Gasteiger partial charge in [-0.05, 0) is 5.92 Å². The molecule has 0 heterocycles. The summed E-state index contributed by atoms with van der Waals surface area (Å²) in [5, 5.41) is 11.3. The summed E-state index contributed by atoms with van der Waals surface area (Å²) >= 11 is 0. The number of hydrogen-bond acceptors (Lipinski definition) is 4. The predicted molar refractivity (Wildman–Crippen MR) is 63.3 cm³/mol. The zero-order valence-corrected chi connectivity index (χ0v) is 11.1. The Kier molecular flexibility index (Phi) is 6.15. The molecule has 0 aliphatic heterocycles. The number of carboxylic acid groups (broad SMARTS) is 1. The monoisotopic (exact) mass is 265 g/mol. The summed E-state index contributed by atoms with van der Waals surface area (Å²) in [5.41, 5.74) is 0. The lowest BCUT2D eigenvalue weighted by Gasteiger charge is -2.16. The smallest absolute Gasteiger partial charge is 0.308 e. The molecule has 17 heavy (non-hydrogen) atoms. The van der Waals surface area contributed by atoms with Gasteiger partial charge in [-0.1, -0.05) is 13.8 Å². The Morgan fingerprint density at radius 3 is 2.18 bits per heavy atom. The number of carbonyl (C=O) groups is 2. The van der Waals surface area contributed by atoms with Crippen LogP contribution in [0.2, 0.25) is 0 Å². The number of carboxylic acids is 1. The van der Waals surface area contributed by atoms with Crippen LogP contribution in [0.15, 0.2) is 0 Å². The van der Waals surface area contributed by atoms with E-state index in [9.17, 15) is 18.0 Å². The Morgan fingerprint density at radius 1 is 1.29 bits per heavy atom. The summed E-state index contributed by atoms with van der Waals surface area (Å²) in [6.45, 7) is 3.53. The molecule has 1 amide bonds. The highest BCUT2D eigenvalue weighted by molar-refractivity contribution is 7.90. The summed E-state index contributed by atoms with van der Waals surface area (Å²) in [7, 11) is -3.17. The largest absolute Gasteiger partial charge is 0.481 e. The standard InChI is InChI=1S/C10H19NO5S/c1-7(2)8(10(13)14)6-11-9(12)4-5-17(3,15)16/h7-8H,4-6H2,1-3H3,(H,11,12)(H,13,14). The number of amides is 1. The van der Waals surface area contributed by atoms with Crippen LogP contribution in [0.4, 0.5) is 0 Å². The molecule has 0 bridgehead atoms. The summed E-state index contributed by atoms with van der Waals surface area (Å²) in [5.74, 6) is -2.39. The zero-order chi connectivity index (χ0) is 13.6. The highest BCUT2D eigenvalue weighted by Gasteiger charge is 2.22. The van der Waals surface area contributed by atoms with Gasteiger partial charge in [0, 0.05) is 19.2 Å². The fourth-order valence-corrected chi connectivity index (χ4v) is 1.75. The molecule has 0 fully saturated rings. The normalized spacial score (nSPS) is 13.4. The van der Waals surface area contributed by atoms with Crippen LogP contribution in [0.3, 0.4) is 0 Å². The molecule has 0 saturated carbocycles. The maximum atomic E-state index is 11.3. The molecular formula is C10H19NO5S. The molecule has 0 aliphatic rings. The molecule has 0 rings (SSSR count). The van der Waals surface area contributed by atoms with E-state index in [-0.39, 0.29) is 24.6 Å². The molecule has 1 atom stereocenters. The fourth-order valence-electron chi connectivity index (χ4n) is 1.20. The van der Waals surface area contributed by atoms with E-state index < -0.39 is 27.6 Å². The third-order valence-corrected chi connectivity index (χ3v) is 3.29. The number of sulfone groups is 1. The lowest BCUT2D eigenvalue weighted by Crippen LogP contribution is -2.36. The number of aliphatic carboxylic acids is 1. The molecule has 0 spiro atoms. The van der Waals surface area contributed by atoms with Gasteiger partial charge in [-0.15, -0.1) is 0 Å². The Hall–Kier alpha value is -1.11. The van der Waals surface area contributed by atoms with Gasteiger partial charge in [0.25, 0.3) is 0 Å². The van der Waals surface area contributed by atoms with E-state index in [1.807, 2.05) is 0 Å². The van der Waals surface area contributed by atoms with Crippen molar-refractivity contribution in [2.75, 3.05) is 18.6 Å². The first-order valence-corrected chi connectivity index (χ1v) is 7.36. The summed E-state index contributed by atoms with van der Waals surface area (Å²) in [4.78, 5) is 22.1. The highest BCUT2D eigenvalue weighted by atomic mass is 32.2. The van der Waals surface area contributed by atoms with Crippen LogP contribution >= 0.6 is 0 Å². The molecule has 0 aromatic rings. The molecule has 0 aromatic carbocycles. The highest BCUT2D eigenvalue weighted by Crippen LogP contribution is 2.09. The SMILES string of the molecule is CC(C)C(CNC(=O)CCS(C)(=O)=O)C(=O)O. The second-order valence-electron chi connectivity index (χ2n) is 4.37. The van der Waals surface area contributed by atoms with Gasteiger partial charge in [0.15, 0.2) is 0 Å². The van der Waals surface area contributed by atoms with E-state index in [2.05, 4.69) is 5.32 Å². The van der Waals surface area contributed by atoms with Gasteiger partial charge in [-0.2, -0.15) is 0 Å². The van der Waals surface area contributed by atoms with E-state index in [0.717, 1.165) is 6.26 Å². The minimum Gasteiger partial charge on any atom is -0.481 e. The molecule has 7 heteroatoms. The maximum absolute atomic E-state index is 11.3. The number of rotatable bonds is 7. The topological polar surface area (TPSA) is 101 Å². The quantitative estimate of drug-likeness (QED) is 0.669. The Bertz CT molecular complexity index is 374. The Morgan fingerprint density at radius 2 is 1.82 bits per heavy atom. The van der Waals surface area contributed by atoms with Crippen LogP contribution in [0.25, 0.3) is 0 Å². The lowest BCUT2D eigenvalue weighted by atomic mass is 9.96. The van der Waals surface area contributed by atoms with Gasteiger partial charge in [0.2, 0.25) is 5.91 Å². The van der Waals surface area contributed by atoms with E-state index >= 15 is 0 Å². The van der Waals surface area contributed by atoms with Crippen molar-refractivity contribution in [1.29, 1.82) is 0 Å². The van der Waals surface area contributed by atoms with Crippen LogP contribution in [-0.2, 0) is 19.4 Å². The molecule has 1 unspecified atom stereocenters. The average Bonchev–Trinajstić information content (AvgIpc) is 2.12. The summed E-state index contributed by atoms with van der Waals surface area (Å²) < 4.78 is 21.6. The molecule has 6 nitrogen and oxygen atoms in total. The first-order chi connectivity index (χ1) is 7.63. The zero-order valence-electron chi connectivity index (χ0n) is 10.3. The van der Waals surface area contributed by atoms with Crippen molar-refractivity contribution in [3.8, 4) is 0 Å². The predicted octanol–water partition coefficient (Wildman–Crippen LogP) is -0.106. The fraction of sp³-hybridized carbons (Fsp3) is 0.800. The minimum absolute atomic E-state index is 0.0234. The maximum Gasteiger partial charge on any atom is 0.308 e. The van der Waals surface area contributed by atoms with E-state index in [1.54, 1.807) is 13.8 Å². The van der Waals surface area contributed by atoms with Crippen LogP contribution in [0.1, 0.15) is 20.3 Å². The van der Waals surface area contributed by atoms with Crippen molar-refractivity contribution in [3.05, 3.63) is 0 Å². The van der Waals surface area contributed by atoms with Gasteiger partial charge < -0.3 is 10.4 Å². The number of nitrogens with one attached hydrogen (secondary N) is 1. The van der Waals surface area contributed by atoms with Crippen LogP contribution in [-0.4, -0.2) is 44.0 Å². The molecule has 0 aliphatic carbocycles.